The van der Waals surface area contributed by atoms with Crippen LogP contribution in [-0.2, 0) is 0 Å². The van der Waals surface area contributed by atoms with E-state index < -0.39 is 0 Å². The van der Waals surface area contributed by atoms with Gasteiger partial charge < -0.3 is 10.5 Å². The van der Waals surface area contributed by atoms with E-state index in [0.717, 1.165) is 28.0 Å². The van der Waals surface area contributed by atoms with Crippen LogP contribution in [-0.4, -0.2) is 6.98 Å². The third kappa shape index (κ3) is 2.51. The second kappa shape index (κ2) is 5.92. The Morgan fingerprint density at radius 3 is 1.73 bits per heavy atom. The highest BCUT2D eigenvalue weighted by Crippen LogP contribution is 2.33. The Balaban J connectivity index is 1.47. The second-order valence-electron chi connectivity index (χ2n) is 6.56. The molecule has 1 aliphatic rings. The maximum Gasteiger partial charge on any atom is 0.406 e. The van der Waals surface area contributed by atoms with Gasteiger partial charge in [0.25, 0.3) is 0 Å². The fourth-order valence-corrected chi connectivity index (χ4v) is 3.61. The van der Waals surface area contributed by atoms with E-state index in [0.29, 0.717) is 0 Å². The molecule has 0 spiro atoms. The molecule has 0 amide bonds. The molecule has 0 aromatic heterocycles. The Labute approximate surface area is 151 Å². The molecule has 0 aliphatic carbocycles. The molecule has 0 saturated heterocycles. The lowest BCUT2D eigenvalue weighted by atomic mass is 9.66. The van der Waals surface area contributed by atoms with Crippen molar-refractivity contribution < 1.29 is 4.39 Å². The monoisotopic (exact) mass is 338 g/mol. The molecule has 0 unspecified atom stereocenters. The molecular formula is C22H16BFN2. The quantitative estimate of drug-likeness (QED) is 0.509. The summed E-state index contributed by atoms with van der Waals surface area (Å²) in [6.45, 7) is 0.0118. The van der Waals surface area contributed by atoms with Gasteiger partial charge in [0.1, 0.15) is 5.82 Å². The van der Waals surface area contributed by atoms with Gasteiger partial charge in [-0.2, -0.15) is 0 Å². The third-order valence-electron chi connectivity index (χ3n) is 4.93. The average Bonchev–Trinajstić information content (AvgIpc) is 2.69. The van der Waals surface area contributed by atoms with Crippen molar-refractivity contribution >= 4 is 34.6 Å². The minimum Gasteiger partial charge on any atom is -0.405 e. The second-order valence-corrected chi connectivity index (χ2v) is 6.56. The van der Waals surface area contributed by atoms with Crippen molar-refractivity contribution in [1.29, 1.82) is 0 Å². The third-order valence-corrected chi connectivity index (χ3v) is 4.93. The van der Waals surface area contributed by atoms with Crippen LogP contribution in [0.4, 0.5) is 15.8 Å². The number of benzene rings is 4. The van der Waals surface area contributed by atoms with Gasteiger partial charge in [0, 0.05) is 16.8 Å². The van der Waals surface area contributed by atoms with Crippen molar-refractivity contribution in [3.8, 4) is 11.1 Å². The van der Waals surface area contributed by atoms with Gasteiger partial charge in [-0.05, 0) is 46.2 Å². The number of hydrogen-bond donors (Lipinski definition) is 2. The molecule has 4 aromatic rings. The largest absolute Gasteiger partial charge is 0.406 e. The molecular weight excluding hydrogens is 322 g/mol. The van der Waals surface area contributed by atoms with Crippen LogP contribution in [0, 0.1) is 5.82 Å². The standard InChI is InChI=1S/C22H16BFN2/c24-19-13-9-16(10-14-19)15-7-11-18(12-8-15)23-25-20-5-1-3-17-4-2-6-21(26-23)22(17)20/h1-14,25-26H. The lowest BCUT2D eigenvalue weighted by molar-refractivity contribution is 0.628. The molecule has 5 rings (SSSR count). The SMILES string of the molecule is Fc1ccc(-c2ccc(B3Nc4cccc5cccc(c45)N3)cc2)cc1. The summed E-state index contributed by atoms with van der Waals surface area (Å²) in [7, 11) is 0. The van der Waals surface area contributed by atoms with Gasteiger partial charge in [0.05, 0.1) is 0 Å². The molecule has 124 valence electrons. The molecule has 26 heavy (non-hydrogen) atoms. The molecule has 1 heterocycles. The van der Waals surface area contributed by atoms with Crippen LogP contribution in [0.5, 0.6) is 0 Å². The first kappa shape index (κ1) is 15.0. The van der Waals surface area contributed by atoms with Crippen LogP contribution in [0.25, 0.3) is 21.9 Å². The van der Waals surface area contributed by atoms with Gasteiger partial charge in [-0.15, -0.1) is 0 Å². The van der Waals surface area contributed by atoms with Gasteiger partial charge in [0.15, 0.2) is 0 Å². The van der Waals surface area contributed by atoms with E-state index in [1.165, 1.54) is 22.9 Å². The minimum atomic E-state index is -0.214. The fourth-order valence-electron chi connectivity index (χ4n) is 3.61. The zero-order valence-electron chi connectivity index (χ0n) is 14.0. The van der Waals surface area contributed by atoms with Crippen LogP contribution in [0.2, 0.25) is 0 Å². The first-order valence-corrected chi connectivity index (χ1v) is 8.69. The molecule has 0 bridgehead atoms. The smallest absolute Gasteiger partial charge is 0.405 e. The molecule has 0 atom stereocenters. The molecule has 2 N–H and O–H groups in total. The van der Waals surface area contributed by atoms with Crippen LogP contribution >= 0.6 is 0 Å². The van der Waals surface area contributed by atoms with Crippen molar-refractivity contribution in [2.75, 3.05) is 10.5 Å². The van der Waals surface area contributed by atoms with E-state index in [1.807, 2.05) is 0 Å². The molecule has 4 aromatic carbocycles. The highest BCUT2D eigenvalue weighted by Gasteiger charge is 2.25. The van der Waals surface area contributed by atoms with Crippen LogP contribution in [0.1, 0.15) is 0 Å². The lowest BCUT2D eigenvalue weighted by Gasteiger charge is -2.27. The van der Waals surface area contributed by atoms with Crippen LogP contribution in [0.3, 0.4) is 0 Å². The predicted octanol–water partition coefficient (Wildman–Crippen LogP) is 4.88. The Kier molecular flexibility index (Phi) is 3.42. The van der Waals surface area contributed by atoms with Gasteiger partial charge in [-0.1, -0.05) is 60.7 Å². The summed E-state index contributed by atoms with van der Waals surface area (Å²) in [6.07, 6.45) is 0. The van der Waals surface area contributed by atoms with Gasteiger partial charge in [-0.3, -0.25) is 0 Å². The highest BCUT2D eigenvalue weighted by atomic mass is 19.1. The molecule has 0 fully saturated rings. The summed E-state index contributed by atoms with van der Waals surface area (Å²) in [5.74, 6) is -0.214. The van der Waals surface area contributed by atoms with Gasteiger partial charge in [0.2, 0.25) is 0 Å². The summed E-state index contributed by atoms with van der Waals surface area (Å²) in [6, 6.07) is 27.6. The van der Waals surface area contributed by atoms with Crippen molar-refractivity contribution in [1.82, 2.24) is 0 Å². The van der Waals surface area contributed by atoms with Gasteiger partial charge in [-0.25, -0.2) is 4.39 Å². The fraction of sp³-hybridized carbons (Fsp3) is 0. The number of hydrogen-bond acceptors (Lipinski definition) is 2. The highest BCUT2D eigenvalue weighted by molar-refractivity contribution is 6.80. The van der Waals surface area contributed by atoms with Crippen LogP contribution in [0.15, 0.2) is 84.9 Å². The minimum absolute atomic E-state index is 0.0118. The Bertz CT molecular complexity index is 1050. The summed E-state index contributed by atoms with van der Waals surface area (Å²) in [4.78, 5) is 0. The van der Waals surface area contributed by atoms with Crippen molar-refractivity contribution in [2.24, 2.45) is 0 Å². The molecule has 4 heteroatoms. The Morgan fingerprint density at radius 2 is 1.15 bits per heavy atom. The normalized spacial score (nSPS) is 12.6. The Hall–Kier alpha value is -3.27. The first-order valence-electron chi connectivity index (χ1n) is 8.69. The zero-order chi connectivity index (χ0) is 17.5. The molecule has 0 radical (unpaired) electrons. The lowest BCUT2D eigenvalue weighted by Crippen LogP contribution is -2.47. The maximum absolute atomic E-state index is 13.1. The molecule has 1 aliphatic heterocycles. The van der Waals surface area contributed by atoms with E-state index in [4.69, 9.17) is 0 Å². The van der Waals surface area contributed by atoms with E-state index in [9.17, 15) is 4.39 Å². The molecule has 2 nitrogen and oxygen atoms in total. The van der Waals surface area contributed by atoms with Crippen molar-refractivity contribution in [3.05, 3.63) is 90.7 Å². The number of anilines is 2. The van der Waals surface area contributed by atoms with E-state index in [1.54, 1.807) is 12.1 Å². The summed E-state index contributed by atoms with van der Waals surface area (Å²) in [5, 5.41) is 9.62. The van der Waals surface area contributed by atoms with E-state index in [2.05, 4.69) is 71.1 Å². The van der Waals surface area contributed by atoms with Gasteiger partial charge >= 0.3 is 6.98 Å². The summed E-state index contributed by atoms with van der Waals surface area (Å²) >= 11 is 0. The number of halogens is 1. The van der Waals surface area contributed by atoms with Crippen molar-refractivity contribution in [2.45, 2.75) is 0 Å². The topological polar surface area (TPSA) is 24.1 Å². The van der Waals surface area contributed by atoms with Crippen LogP contribution < -0.4 is 15.9 Å². The Morgan fingerprint density at radius 1 is 0.615 bits per heavy atom. The number of nitrogens with one attached hydrogen (secondary N) is 2. The number of rotatable bonds is 2. The average molecular weight is 338 g/mol. The van der Waals surface area contributed by atoms with E-state index >= 15 is 0 Å². The van der Waals surface area contributed by atoms with E-state index in [-0.39, 0.29) is 12.8 Å². The maximum atomic E-state index is 13.1. The summed E-state index contributed by atoms with van der Waals surface area (Å²) in [5.41, 5.74) is 5.53. The molecule has 0 saturated carbocycles. The predicted molar refractivity (Wildman–Crippen MR) is 108 cm³/mol. The first-order chi connectivity index (χ1) is 12.8. The van der Waals surface area contributed by atoms with Crippen molar-refractivity contribution in [3.63, 3.8) is 0 Å². The zero-order valence-corrected chi connectivity index (χ0v) is 14.0. The summed E-state index contributed by atoms with van der Waals surface area (Å²) < 4.78 is 13.1.